The Kier molecular flexibility index (Phi) is 2.75. The fraction of sp³-hybridized carbons (Fsp3) is 0. The van der Waals surface area contributed by atoms with Crippen LogP contribution in [-0.4, -0.2) is 20.1 Å². The van der Waals surface area contributed by atoms with Gasteiger partial charge < -0.3 is 10.2 Å². The Morgan fingerprint density at radius 1 is 1.07 bits per heavy atom. The molecule has 0 radical (unpaired) electrons. The van der Waals surface area contributed by atoms with E-state index in [0.29, 0.717) is 6.07 Å². The molecule has 1 aromatic carbocycles. The summed E-state index contributed by atoms with van der Waals surface area (Å²) in [6.07, 6.45) is 0. The van der Waals surface area contributed by atoms with E-state index in [1.807, 2.05) is 0 Å². The molecule has 0 spiro atoms. The van der Waals surface area contributed by atoms with Gasteiger partial charge in [0.05, 0.1) is 9.85 Å². The Balaban J connectivity index is 3.64. The third-order valence-electron chi connectivity index (χ3n) is 1.54. The molecule has 8 nitrogen and oxygen atoms in total. The molecule has 0 aliphatic carbocycles. The highest BCUT2D eigenvalue weighted by molar-refractivity contribution is 9.10. The topological polar surface area (TPSA) is 127 Å². The van der Waals surface area contributed by atoms with Crippen LogP contribution in [0.25, 0.3) is 0 Å². The average Bonchev–Trinajstić information content (AvgIpc) is 1.99. The number of phenols is 2. The molecule has 0 unspecified atom stereocenters. The predicted octanol–water partition coefficient (Wildman–Crippen LogP) is 1.68. The lowest BCUT2D eigenvalue weighted by atomic mass is 10.2. The van der Waals surface area contributed by atoms with Crippen molar-refractivity contribution < 1.29 is 20.1 Å². The molecule has 0 saturated carbocycles. The van der Waals surface area contributed by atoms with E-state index >= 15 is 0 Å². The Morgan fingerprint density at radius 2 is 1.40 bits per heavy atom. The zero-order valence-electron chi connectivity index (χ0n) is 6.88. The number of nitrogens with zero attached hydrogens (tertiary/aromatic N) is 2. The molecule has 9 heteroatoms. The first-order chi connectivity index (χ1) is 6.86. The maximum Gasteiger partial charge on any atom is 0.332 e. The minimum absolute atomic E-state index is 0.543. The van der Waals surface area contributed by atoms with Crippen molar-refractivity contribution in [3.63, 3.8) is 0 Å². The average molecular weight is 279 g/mol. The zero-order chi connectivity index (χ0) is 11.7. The summed E-state index contributed by atoms with van der Waals surface area (Å²) in [5, 5.41) is 39.1. The SMILES string of the molecule is O=[N+]([O-])c1c(O)cc(O)c([N+](=O)[O-])c1Br. The van der Waals surface area contributed by atoms with Crippen LogP contribution in [0.3, 0.4) is 0 Å². The van der Waals surface area contributed by atoms with Crippen molar-refractivity contribution in [2.24, 2.45) is 0 Å². The number of rotatable bonds is 2. The Hall–Kier alpha value is -1.90. The second kappa shape index (κ2) is 3.69. The van der Waals surface area contributed by atoms with E-state index in [9.17, 15) is 20.2 Å². The Bertz CT molecular complexity index is 421. The van der Waals surface area contributed by atoms with Crippen molar-refractivity contribution in [3.05, 3.63) is 30.8 Å². The monoisotopic (exact) mass is 278 g/mol. The molecule has 0 aromatic heterocycles. The number of aromatic hydroxyl groups is 2. The second-order valence-electron chi connectivity index (χ2n) is 2.44. The van der Waals surface area contributed by atoms with Crippen molar-refractivity contribution in [3.8, 4) is 11.5 Å². The Labute approximate surface area is 90.2 Å². The summed E-state index contributed by atoms with van der Waals surface area (Å²) in [6, 6.07) is 0.543. The Morgan fingerprint density at radius 3 is 1.67 bits per heavy atom. The van der Waals surface area contributed by atoms with Gasteiger partial charge in [0.15, 0.2) is 16.0 Å². The molecule has 0 fully saturated rings. The number of nitro groups is 2. The van der Waals surface area contributed by atoms with E-state index in [-0.39, 0.29) is 0 Å². The van der Waals surface area contributed by atoms with Gasteiger partial charge in [0.2, 0.25) is 0 Å². The van der Waals surface area contributed by atoms with Crippen LogP contribution in [0.1, 0.15) is 0 Å². The van der Waals surface area contributed by atoms with E-state index in [1.165, 1.54) is 0 Å². The highest BCUT2D eigenvalue weighted by Gasteiger charge is 2.31. The van der Waals surface area contributed by atoms with Crippen LogP contribution in [0.5, 0.6) is 11.5 Å². The van der Waals surface area contributed by atoms with Gasteiger partial charge in [-0.3, -0.25) is 20.2 Å². The van der Waals surface area contributed by atoms with Crippen molar-refractivity contribution in [2.75, 3.05) is 0 Å². The van der Waals surface area contributed by atoms with Gasteiger partial charge in [-0.1, -0.05) is 0 Å². The molecule has 0 atom stereocenters. The van der Waals surface area contributed by atoms with Crippen LogP contribution in [0.2, 0.25) is 0 Å². The number of halogens is 1. The minimum atomic E-state index is -0.994. The first-order valence-corrected chi connectivity index (χ1v) is 4.18. The molecule has 80 valence electrons. The number of benzene rings is 1. The number of hydrogen-bond acceptors (Lipinski definition) is 6. The molecule has 0 aliphatic rings. The molecule has 0 heterocycles. The van der Waals surface area contributed by atoms with Crippen LogP contribution >= 0.6 is 15.9 Å². The van der Waals surface area contributed by atoms with E-state index in [4.69, 9.17) is 10.2 Å². The number of nitro benzene ring substituents is 2. The van der Waals surface area contributed by atoms with E-state index in [0.717, 1.165) is 0 Å². The van der Waals surface area contributed by atoms with Crippen LogP contribution in [0.4, 0.5) is 11.4 Å². The van der Waals surface area contributed by atoms with E-state index in [1.54, 1.807) is 0 Å². The van der Waals surface area contributed by atoms with Crippen LogP contribution in [0, 0.1) is 20.2 Å². The summed E-state index contributed by atoms with van der Waals surface area (Å²) in [7, 11) is 0. The van der Waals surface area contributed by atoms with Gasteiger partial charge in [0.1, 0.15) is 0 Å². The lowest BCUT2D eigenvalue weighted by Gasteiger charge is -2.01. The summed E-state index contributed by atoms with van der Waals surface area (Å²) in [6.45, 7) is 0. The van der Waals surface area contributed by atoms with Gasteiger partial charge in [-0.15, -0.1) is 0 Å². The number of phenolic OH excluding ortho intramolecular Hbond substituents is 2. The number of hydrogen-bond donors (Lipinski definition) is 2. The highest BCUT2D eigenvalue weighted by atomic mass is 79.9. The second-order valence-corrected chi connectivity index (χ2v) is 3.23. The van der Waals surface area contributed by atoms with Crippen LogP contribution < -0.4 is 0 Å². The molecule has 0 amide bonds. The van der Waals surface area contributed by atoms with Crippen molar-refractivity contribution >= 4 is 27.3 Å². The van der Waals surface area contributed by atoms with Gasteiger partial charge >= 0.3 is 11.4 Å². The molecular weight excluding hydrogens is 276 g/mol. The third-order valence-corrected chi connectivity index (χ3v) is 2.29. The van der Waals surface area contributed by atoms with Crippen LogP contribution in [-0.2, 0) is 0 Å². The molecule has 15 heavy (non-hydrogen) atoms. The summed E-state index contributed by atoms with van der Waals surface area (Å²) in [5.74, 6) is -1.70. The standard InChI is InChI=1S/C6H3BrN2O6/c7-4-5(8(12)13)2(10)1-3(11)6(4)9(14)15/h1,10-11H. The van der Waals surface area contributed by atoms with Gasteiger partial charge in [-0.05, 0) is 15.9 Å². The largest absolute Gasteiger partial charge is 0.502 e. The van der Waals surface area contributed by atoms with Gasteiger partial charge in [0.25, 0.3) is 0 Å². The maximum atomic E-state index is 10.4. The van der Waals surface area contributed by atoms with Gasteiger partial charge in [-0.25, -0.2) is 0 Å². The van der Waals surface area contributed by atoms with Gasteiger partial charge in [0, 0.05) is 6.07 Å². The first kappa shape index (κ1) is 11.2. The lowest BCUT2D eigenvalue weighted by Crippen LogP contribution is -1.96. The highest BCUT2D eigenvalue weighted by Crippen LogP contribution is 2.45. The molecule has 0 aliphatic heterocycles. The molecular formula is C6H3BrN2O6. The fourth-order valence-electron chi connectivity index (χ4n) is 0.951. The minimum Gasteiger partial charge on any atom is -0.502 e. The maximum absolute atomic E-state index is 10.4. The third kappa shape index (κ3) is 1.81. The van der Waals surface area contributed by atoms with Gasteiger partial charge in [-0.2, -0.15) is 0 Å². The van der Waals surface area contributed by atoms with Crippen LogP contribution in [0.15, 0.2) is 10.5 Å². The quantitative estimate of drug-likeness (QED) is 0.626. The molecule has 1 aromatic rings. The van der Waals surface area contributed by atoms with E-state index < -0.39 is 37.2 Å². The summed E-state index contributed by atoms with van der Waals surface area (Å²) >= 11 is 2.58. The molecule has 0 bridgehead atoms. The normalized spacial score (nSPS) is 9.93. The van der Waals surface area contributed by atoms with Crippen molar-refractivity contribution in [1.29, 1.82) is 0 Å². The summed E-state index contributed by atoms with van der Waals surface area (Å²) in [5.41, 5.74) is -1.72. The van der Waals surface area contributed by atoms with Crippen molar-refractivity contribution in [2.45, 2.75) is 0 Å². The summed E-state index contributed by atoms with van der Waals surface area (Å²) in [4.78, 5) is 18.9. The zero-order valence-corrected chi connectivity index (χ0v) is 8.46. The fourth-order valence-corrected chi connectivity index (χ4v) is 1.65. The predicted molar refractivity (Wildman–Crippen MR) is 50.8 cm³/mol. The molecule has 0 saturated heterocycles. The summed E-state index contributed by atoms with van der Waals surface area (Å²) < 4.78 is -0.574. The lowest BCUT2D eigenvalue weighted by molar-refractivity contribution is -0.396. The van der Waals surface area contributed by atoms with E-state index in [2.05, 4.69) is 15.9 Å². The molecule has 2 N–H and O–H groups in total. The van der Waals surface area contributed by atoms with Crippen molar-refractivity contribution in [1.82, 2.24) is 0 Å². The first-order valence-electron chi connectivity index (χ1n) is 3.39. The molecule has 1 rings (SSSR count). The smallest absolute Gasteiger partial charge is 0.332 e.